The van der Waals surface area contributed by atoms with Crippen LogP contribution < -0.4 is 5.32 Å². The Labute approximate surface area is 193 Å². The van der Waals surface area contributed by atoms with E-state index in [2.05, 4.69) is 34.0 Å². The predicted molar refractivity (Wildman–Crippen MR) is 128 cm³/mol. The fourth-order valence-electron chi connectivity index (χ4n) is 4.66. The van der Waals surface area contributed by atoms with E-state index in [9.17, 15) is 4.79 Å². The van der Waals surface area contributed by atoms with Crippen LogP contribution in [0.5, 0.6) is 0 Å². The molecule has 0 aromatic rings. The fourth-order valence-corrected chi connectivity index (χ4v) is 4.66. The van der Waals surface area contributed by atoms with Gasteiger partial charge in [-0.05, 0) is 38.1 Å². The monoisotopic (exact) mass is 521 g/mol. The molecule has 8 heteroatoms. The van der Waals surface area contributed by atoms with Crippen LogP contribution in [0.25, 0.3) is 0 Å². The molecule has 7 nitrogen and oxygen atoms in total. The lowest BCUT2D eigenvalue weighted by Gasteiger charge is -2.39. The molecular weight excluding hydrogens is 481 g/mol. The maximum absolute atomic E-state index is 12.5. The summed E-state index contributed by atoms with van der Waals surface area (Å²) in [6, 6.07) is 0.593. The van der Waals surface area contributed by atoms with Crippen molar-refractivity contribution in [3.05, 3.63) is 0 Å². The van der Waals surface area contributed by atoms with Crippen molar-refractivity contribution in [3.63, 3.8) is 0 Å². The Morgan fingerprint density at radius 3 is 2.41 bits per heavy atom. The van der Waals surface area contributed by atoms with Gasteiger partial charge in [0.2, 0.25) is 0 Å². The maximum atomic E-state index is 12.5. The number of ether oxygens (including phenoxy) is 1. The lowest BCUT2D eigenvalue weighted by atomic mass is 10.0. The third-order valence-electron chi connectivity index (χ3n) is 6.15. The van der Waals surface area contributed by atoms with Crippen molar-refractivity contribution >= 4 is 35.8 Å². The molecule has 29 heavy (non-hydrogen) atoms. The summed E-state index contributed by atoms with van der Waals surface area (Å²) in [7, 11) is 1.86. The Morgan fingerprint density at radius 2 is 1.79 bits per heavy atom. The van der Waals surface area contributed by atoms with Crippen molar-refractivity contribution in [2.45, 2.75) is 58.1 Å². The lowest BCUT2D eigenvalue weighted by Crippen LogP contribution is -2.57. The number of nitrogens with zero attached hydrogens (tertiary/aromatic N) is 4. The van der Waals surface area contributed by atoms with Crippen LogP contribution in [0, 0.1) is 5.92 Å². The van der Waals surface area contributed by atoms with Gasteiger partial charge < -0.3 is 19.9 Å². The number of halogens is 1. The number of nitrogens with one attached hydrogen (secondary N) is 1. The van der Waals surface area contributed by atoms with E-state index in [1.807, 2.05) is 11.9 Å². The van der Waals surface area contributed by atoms with Gasteiger partial charge in [-0.15, -0.1) is 24.0 Å². The van der Waals surface area contributed by atoms with E-state index >= 15 is 0 Å². The van der Waals surface area contributed by atoms with E-state index in [1.54, 1.807) is 0 Å². The summed E-state index contributed by atoms with van der Waals surface area (Å²) in [4.78, 5) is 23.9. The van der Waals surface area contributed by atoms with Gasteiger partial charge >= 0.3 is 0 Å². The highest BCUT2D eigenvalue weighted by molar-refractivity contribution is 14.0. The first-order valence-electron chi connectivity index (χ1n) is 11.2. The SMILES string of the molecule is CN=C(NCC1CCCCN1CC(C)C)N1CCN(C(=O)C2CCCO2)CC1.I. The van der Waals surface area contributed by atoms with Crippen LogP contribution >= 0.6 is 24.0 Å². The summed E-state index contributed by atoms with van der Waals surface area (Å²) < 4.78 is 5.56. The second kappa shape index (κ2) is 12.3. The van der Waals surface area contributed by atoms with Crippen LogP contribution in [0.15, 0.2) is 4.99 Å². The summed E-state index contributed by atoms with van der Waals surface area (Å²) in [6.45, 7) is 11.8. The first kappa shape index (κ1) is 24.7. The van der Waals surface area contributed by atoms with Gasteiger partial charge in [0.25, 0.3) is 5.91 Å². The number of amides is 1. The Balaban J connectivity index is 0.00000300. The molecule has 2 unspecified atom stereocenters. The van der Waals surface area contributed by atoms with E-state index in [0.717, 1.165) is 58.1 Å². The summed E-state index contributed by atoms with van der Waals surface area (Å²) in [5.74, 6) is 1.85. The molecule has 1 N–H and O–H groups in total. The largest absolute Gasteiger partial charge is 0.368 e. The van der Waals surface area contributed by atoms with E-state index in [4.69, 9.17) is 4.74 Å². The molecule has 1 amide bonds. The zero-order valence-electron chi connectivity index (χ0n) is 18.4. The van der Waals surface area contributed by atoms with Crippen molar-refractivity contribution in [1.82, 2.24) is 20.0 Å². The second-order valence-corrected chi connectivity index (χ2v) is 8.78. The molecule has 168 valence electrons. The minimum Gasteiger partial charge on any atom is -0.368 e. The van der Waals surface area contributed by atoms with Gasteiger partial charge in [0.05, 0.1) is 0 Å². The van der Waals surface area contributed by atoms with Crippen molar-refractivity contribution in [3.8, 4) is 0 Å². The average molecular weight is 521 g/mol. The quantitative estimate of drug-likeness (QED) is 0.341. The van der Waals surface area contributed by atoms with Crippen molar-refractivity contribution in [2.24, 2.45) is 10.9 Å². The Morgan fingerprint density at radius 1 is 1.07 bits per heavy atom. The minimum absolute atomic E-state index is 0. The van der Waals surface area contributed by atoms with E-state index in [1.165, 1.54) is 32.4 Å². The van der Waals surface area contributed by atoms with Crippen LogP contribution in [0.2, 0.25) is 0 Å². The zero-order chi connectivity index (χ0) is 19.9. The van der Waals surface area contributed by atoms with Gasteiger partial charge in [-0.25, -0.2) is 0 Å². The number of likely N-dealkylation sites (tertiary alicyclic amines) is 1. The Kier molecular flexibility index (Phi) is 10.5. The third kappa shape index (κ3) is 6.95. The van der Waals surface area contributed by atoms with Gasteiger partial charge in [0, 0.05) is 59.0 Å². The summed E-state index contributed by atoms with van der Waals surface area (Å²) in [6.07, 6.45) is 5.57. The Hall–Kier alpha value is -0.610. The molecule has 3 rings (SSSR count). The number of carbonyl (C=O) groups excluding carboxylic acids is 1. The topological polar surface area (TPSA) is 60.4 Å². The molecule has 2 atom stereocenters. The number of carbonyl (C=O) groups is 1. The molecule has 3 fully saturated rings. The van der Waals surface area contributed by atoms with Crippen molar-refractivity contribution in [2.75, 3.05) is 59.5 Å². The summed E-state index contributed by atoms with van der Waals surface area (Å²) in [5.41, 5.74) is 0. The van der Waals surface area contributed by atoms with E-state index in [0.29, 0.717) is 12.0 Å². The van der Waals surface area contributed by atoms with Gasteiger partial charge in [0.15, 0.2) is 5.96 Å². The molecule has 3 aliphatic rings. The number of aliphatic imine (C=N–C) groups is 1. The molecule has 3 heterocycles. The van der Waals surface area contributed by atoms with Crippen LogP contribution in [0.1, 0.15) is 46.0 Å². The van der Waals surface area contributed by atoms with Crippen molar-refractivity contribution in [1.29, 1.82) is 0 Å². The number of guanidine groups is 1. The molecule has 3 saturated heterocycles. The molecule has 0 bridgehead atoms. The summed E-state index contributed by atoms with van der Waals surface area (Å²) in [5, 5.41) is 3.62. The van der Waals surface area contributed by atoms with Gasteiger partial charge in [-0.3, -0.25) is 14.7 Å². The predicted octanol–water partition coefficient (Wildman–Crippen LogP) is 2.01. The highest BCUT2D eigenvalue weighted by Gasteiger charge is 2.31. The molecule has 0 aliphatic carbocycles. The number of rotatable bonds is 5. The summed E-state index contributed by atoms with van der Waals surface area (Å²) >= 11 is 0. The standard InChI is InChI=1S/C21H39N5O2.HI/c1-17(2)16-26-9-5-4-7-18(26)15-23-21(22-3)25-12-10-24(11-13-25)20(27)19-8-6-14-28-19;/h17-19H,4-16H2,1-3H3,(H,22,23);1H. The van der Waals surface area contributed by atoms with Gasteiger partial charge in [-0.2, -0.15) is 0 Å². The number of piperazine rings is 1. The first-order chi connectivity index (χ1) is 13.6. The van der Waals surface area contributed by atoms with Crippen LogP contribution in [0.4, 0.5) is 0 Å². The smallest absolute Gasteiger partial charge is 0.251 e. The van der Waals surface area contributed by atoms with Gasteiger partial charge in [-0.1, -0.05) is 20.3 Å². The molecular formula is C21H40IN5O2. The fraction of sp³-hybridized carbons (Fsp3) is 0.905. The molecule has 0 aromatic carbocycles. The molecule has 0 radical (unpaired) electrons. The lowest BCUT2D eigenvalue weighted by molar-refractivity contribution is -0.142. The Bertz CT molecular complexity index is 531. The normalized spacial score (nSPS) is 26.6. The van der Waals surface area contributed by atoms with Crippen LogP contribution in [-0.2, 0) is 9.53 Å². The van der Waals surface area contributed by atoms with Crippen LogP contribution in [-0.4, -0.2) is 98.2 Å². The van der Waals surface area contributed by atoms with Gasteiger partial charge in [0.1, 0.15) is 6.10 Å². The van der Waals surface area contributed by atoms with Crippen LogP contribution in [0.3, 0.4) is 0 Å². The highest BCUT2D eigenvalue weighted by Crippen LogP contribution is 2.18. The number of hydrogen-bond donors (Lipinski definition) is 1. The third-order valence-corrected chi connectivity index (χ3v) is 6.15. The zero-order valence-corrected chi connectivity index (χ0v) is 20.8. The first-order valence-corrected chi connectivity index (χ1v) is 11.2. The van der Waals surface area contributed by atoms with Crippen molar-refractivity contribution < 1.29 is 9.53 Å². The molecule has 3 aliphatic heterocycles. The second-order valence-electron chi connectivity index (χ2n) is 8.78. The molecule has 0 spiro atoms. The minimum atomic E-state index is -0.206. The molecule has 0 saturated carbocycles. The van der Waals surface area contributed by atoms with E-state index < -0.39 is 0 Å². The average Bonchev–Trinajstić information content (AvgIpc) is 3.24. The highest BCUT2D eigenvalue weighted by atomic mass is 127. The number of piperidine rings is 1. The number of hydrogen-bond acceptors (Lipinski definition) is 4. The van der Waals surface area contributed by atoms with E-state index in [-0.39, 0.29) is 36.0 Å². The maximum Gasteiger partial charge on any atom is 0.251 e. The molecule has 0 aromatic heterocycles.